The van der Waals surface area contributed by atoms with Crippen molar-refractivity contribution in [2.24, 2.45) is 35.1 Å². The van der Waals surface area contributed by atoms with Gasteiger partial charge in [-0.05, 0) is 97.1 Å². The third kappa shape index (κ3) is 26.7. The topological polar surface area (TPSA) is 476 Å². The van der Waals surface area contributed by atoms with Crippen molar-refractivity contribution >= 4 is 163 Å². The van der Waals surface area contributed by atoms with E-state index >= 15 is 9.59 Å². The second-order valence-electron chi connectivity index (χ2n) is 25.1. The molecule has 1 unspecified atom stereocenters. The molecule has 100 heavy (non-hydrogen) atoms. The van der Waals surface area contributed by atoms with Gasteiger partial charge in [0, 0.05) is 91.9 Å². The third-order valence-electron chi connectivity index (χ3n) is 16.9. The van der Waals surface area contributed by atoms with Gasteiger partial charge in [-0.3, -0.25) is 71.9 Å². The number of aromatic hydroxyl groups is 2. The zero-order valence-corrected chi connectivity index (χ0v) is 60.9. The van der Waals surface area contributed by atoms with Gasteiger partial charge in [0.2, 0.25) is 53.2 Å². The Hall–Kier alpha value is -6.54. The van der Waals surface area contributed by atoms with Gasteiger partial charge in [-0.2, -0.15) is 0 Å². The number of carbonyl (C=O) groups is 15. The Morgan fingerprint density at radius 1 is 0.600 bits per heavy atom. The van der Waals surface area contributed by atoms with E-state index in [0.29, 0.717) is 12.0 Å². The minimum absolute atomic E-state index is 0.0388. The van der Waals surface area contributed by atoms with E-state index in [9.17, 15) is 82.8 Å². The van der Waals surface area contributed by atoms with Crippen molar-refractivity contribution < 1.29 is 92.3 Å². The second kappa shape index (κ2) is 40.9. The number of Topliss-reactive ketones (excluding diaryl/α,β-unsaturated/α-hetero) is 5. The van der Waals surface area contributed by atoms with Crippen LogP contribution < -0.4 is 48.7 Å². The van der Waals surface area contributed by atoms with E-state index in [1.165, 1.54) is 50.2 Å². The van der Waals surface area contributed by atoms with Crippen molar-refractivity contribution in [2.45, 2.75) is 165 Å². The molecule has 14 atom stereocenters. The van der Waals surface area contributed by atoms with Crippen molar-refractivity contribution in [3.8, 4) is 11.5 Å². The highest BCUT2D eigenvalue weighted by molar-refractivity contribution is 9.09. The van der Waals surface area contributed by atoms with Gasteiger partial charge in [0.25, 0.3) is 0 Å². The standard InChI is InChI=1S/C64H86N10O19S7/c1-32(19-35-6-10-40(76)11-7-35)20-52(81)45-29-98-100-99-31-47-62(91)72-46-30-97-96-28-42(65)51(80)24-39(59(88)69-43(14-17-56(85)86)53(82)22-37(58(87)71-47)21-36-8-12-41(77)13-9-36)27-95-94-26-38(60(89)73-57(34(3)75)49(78)15-16-55(84)68-45)23-50(79)33(2)67-63(92)48-5-4-18-74(48)64(93)44(25-54(66)83)70-61(46)90/h6-13,32-34,37-39,42-48,57,75-77H,4-5,14-31,65H2,1-3H3,(H2,66,83)(H,67,92)(H,68,84)(H,69,88)(H,70,90)(H,71,87)(H,72,91)(H,73,89)(H,85,86)/t32-,33+,34+,37-,38+,39+,42+,43+,44+,45+,46?,47+,48+,57+/m1/s1. The molecule has 548 valence electrons. The quantitative estimate of drug-likeness (QED) is 0.125. The minimum atomic E-state index is -1.77. The van der Waals surface area contributed by atoms with Crippen LogP contribution in [-0.2, 0) is 84.8 Å². The van der Waals surface area contributed by atoms with Crippen molar-refractivity contribution in [2.75, 3.05) is 41.1 Å². The van der Waals surface area contributed by atoms with Gasteiger partial charge in [-0.1, -0.05) is 96.0 Å². The number of benzene rings is 2. The average Bonchev–Trinajstić information content (AvgIpc) is 1.61. The number of fused-ring (bicyclic) bond motifs is 20. The summed E-state index contributed by atoms with van der Waals surface area (Å²) >= 11 is 0. The summed E-state index contributed by atoms with van der Waals surface area (Å²) in [5, 5.41) is 59.4. The summed E-state index contributed by atoms with van der Waals surface area (Å²) in [4.78, 5) is 215. The largest absolute Gasteiger partial charge is 0.508 e. The molecule has 15 N–H and O–H groups in total. The lowest BCUT2D eigenvalue weighted by Crippen LogP contribution is -2.60. The number of rotatable bonds is 13. The Morgan fingerprint density at radius 2 is 1.16 bits per heavy atom. The Morgan fingerprint density at radius 3 is 1.79 bits per heavy atom. The number of carboxylic acid groups (broad SMARTS) is 1. The number of aliphatic hydroxyl groups is 1. The van der Waals surface area contributed by atoms with Gasteiger partial charge in [-0.15, -0.1) is 0 Å². The SMILES string of the molecule is C[C@@H](CC(=O)[C@@H]1CSSSC[C@@H]2NC(=O)[C@H](Cc3ccc(O)cc3)CC(=O)[C@H](CCC(=O)O)NC(=O)[C@@H]3CSSC[C@H](CC(=O)[C@H](C)NC(=O)[C@@H]4CCCN4C(=O)[C@H](CC(N)=O)NC(=O)C(CSSC[C@H](N)C(=O)C3)NC2=O)C(=O)N[C@@H]([C@H](C)O)C(=O)CCC(=O)N1)Cc1ccc(O)cc1. The fourth-order valence-electron chi connectivity index (χ4n) is 11.2. The Kier molecular flexibility index (Phi) is 33.7. The predicted octanol–water partition coefficient (Wildman–Crippen LogP) is 1.24. The minimum Gasteiger partial charge on any atom is -0.508 e. The molecular formula is C64H86N10O19S7. The molecular weight excluding hydrogens is 1440 g/mol. The molecule has 0 spiro atoms. The van der Waals surface area contributed by atoms with E-state index in [2.05, 4.69) is 37.2 Å². The molecule has 36 heteroatoms. The Labute approximate surface area is 605 Å². The molecule has 0 aromatic heterocycles. The molecule has 2 aromatic carbocycles. The number of carbonyl (C=O) groups excluding carboxylic acids is 14. The number of hydrogen-bond donors (Lipinski definition) is 13. The maximum atomic E-state index is 15.1. The molecule has 4 aliphatic heterocycles. The van der Waals surface area contributed by atoms with E-state index in [1.807, 2.05) is 6.92 Å². The maximum absolute atomic E-state index is 15.1. The summed E-state index contributed by atoms with van der Waals surface area (Å²) < 4.78 is 0. The Balaban J connectivity index is 1.53. The van der Waals surface area contributed by atoms with E-state index in [4.69, 9.17) is 11.5 Å². The molecule has 0 aliphatic carbocycles. The van der Waals surface area contributed by atoms with Crippen LogP contribution in [0.3, 0.4) is 0 Å². The van der Waals surface area contributed by atoms with Crippen LogP contribution in [0.2, 0.25) is 0 Å². The first-order valence-corrected chi connectivity index (χ1v) is 41.2. The summed E-state index contributed by atoms with van der Waals surface area (Å²) in [6.45, 7) is 4.27. The molecule has 29 nitrogen and oxygen atoms in total. The predicted molar refractivity (Wildman–Crippen MR) is 383 cm³/mol. The molecule has 9 amide bonds. The van der Waals surface area contributed by atoms with Crippen LogP contribution >= 0.6 is 74.6 Å². The van der Waals surface area contributed by atoms with Crippen molar-refractivity contribution in [3.63, 3.8) is 0 Å². The van der Waals surface area contributed by atoms with Gasteiger partial charge >= 0.3 is 5.97 Å². The number of nitrogens with zero attached hydrogens (tertiary/aromatic N) is 1. The highest BCUT2D eigenvalue weighted by Gasteiger charge is 2.42. The summed E-state index contributed by atoms with van der Waals surface area (Å²) in [6, 6.07) is -1.56. The number of carboxylic acids is 1. The number of ketones is 5. The van der Waals surface area contributed by atoms with E-state index < -0.39 is 218 Å². The molecule has 4 fully saturated rings. The van der Waals surface area contributed by atoms with Crippen LogP contribution in [0.5, 0.6) is 11.5 Å². The normalized spacial score (nSPS) is 28.0. The fraction of sp³-hybridized carbons (Fsp3) is 0.578. The first-order chi connectivity index (χ1) is 47.5. The van der Waals surface area contributed by atoms with Crippen molar-refractivity contribution in [1.82, 2.24) is 42.1 Å². The van der Waals surface area contributed by atoms with Crippen LogP contribution in [0.1, 0.15) is 103 Å². The van der Waals surface area contributed by atoms with Gasteiger partial charge in [0.1, 0.15) is 41.7 Å². The van der Waals surface area contributed by atoms with Crippen LogP contribution in [0.15, 0.2) is 48.5 Å². The van der Waals surface area contributed by atoms with Crippen molar-refractivity contribution in [1.29, 1.82) is 0 Å². The number of phenolic OH excluding ortho intramolecular Hbond substituents is 2. The van der Waals surface area contributed by atoms with Crippen LogP contribution in [0.4, 0.5) is 0 Å². The zero-order valence-electron chi connectivity index (χ0n) is 55.2. The van der Waals surface area contributed by atoms with Gasteiger partial charge in [-0.25, -0.2) is 0 Å². The summed E-state index contributed by atoms with van der Waals surface area (Å²) in [5.74, 6) is -19.5. The molecule has 4 heterocycles. The summed E-state index contributed by atoms with van der Waals surface area (Å²) in [5.41, 5.74) is 13.4. The van der Waals surface area contributed by atoms with E-state index in [-0.39, 0.29) is 84.2 Å². The zero-order chi connectivity index (χ0) is 73.3. The van der Waals surface area contributed by atoms with Gasteiger partial charge in [0.15, 0.2) is 28.9 Å². The monoisotopic (exact) mass is 1520 g/mol. The maximum Gasteiger partial charge on any atom is 0.303 e. The number of amides is 9. The number of phenols is 2. The number of primary amides is 1. The summed E-state index contributed by atoms with van der Waals surface area (Å²) in [7, 11) is 6.83. The molecule has 4 aliphatic rings. The lowest BCUT2D eigenvalue weighted by molar-refractivity contribution is -0.143. The van der Waals surface area contributed by atoms with Crippen LogP contribution in [-0.4, -0.2) is 215 Å². The summed E-state index contributed by atoms with van der Waals surface area (Å²) in [6.07, 6.45) is -6.27. The number of aliphatic hydroxyl groups excluding tert-OH is 1. The van der Waals surface area contributed by atoms with E-state index in [1.54, 1.807) is 12.1 Å². The number of aliphatic carboxylic acids is 1. The first kappa shape index (κ1) is 82.4. The average molecular weight is 1520 g/mol. The molecule has 4 saturated heterocycles. The molecule has 0 radical (unpaired) electrons. The second-order valence-corrected chi connectivity index (χ2v) is 34.5. The number of nitrogens with one attached hydrogen (secondary N) is 7. The first-order valence-electron chi connectivity index (χ1n) is 32.4. The highest BCUT2D eigenvalue weighted by atomic mass is 33.5. The lowest BCUT2D eigenvalue weighted by atomic mass is 9.89. The van der Waals surface area contributed by atoms with E-state index in [0.717, 1.165) is 85.1 Å². The number of nitrogens with two attached hydrogens (primary N) is 2. The van der Waals surface area contributed by atoms with Gasteiger partial charge in [0.05, 0.1) is 48.5 Å². The molecule has 0 saturated carbocycles. The Bertz CT molecular complexity index is 3300. The third-order valence-corrected chi connectivity index (χ3v) is 26.1. The molecule has 2 aromatic rings. The lowest BCUT2D eigenvalue weighted by Gasteiger charge is -2.30. The smallest absolute Gasteiger partial charge is 0.303 e. The number of hydrogen-bond acceptors (Lipinski definition) is 26. The fourth-order valence-corrected chi connectivity index (χ4v) is 20.1. The molecule has 4 bridgehead atoms. The van der Waals surface area contributed by atoms with Crippen LogP contribution in [0.25, 0.3) is 0 Å². The highest BCUT2D eigenvalue weighted by Crippen LogP contribution is 2.37. The van der Waals surface area contributed by atoms with Crippen molar-refractivity contribution in [3.05, 3.63) is 59.7 Å². The van der Waals surface area contributed by atoms with Gasteiger partial charge < -0.3 is 74.0 Å². The molecule has 6 rings (SSSR count). The van der Waals surface area contributed by atoms with Crippen LogP contribution in [0, 0.1) is 23.7 Å².